The summed E-state index contributed by atoms with van der Waals surface area (Å²) in [5.41, 5.74) is 4.49. The van der Waals surface area contributed by atoms with Gasteiger partial charge in [0.05, 0.1) is 5.92 Å². The van der Waals surface area contributed by atoms with Crippen molar-refractivity contribution in [1.29, 1.82) is 0 Å². The molecule has 2 aromatic rings. The molecule has 0 saturated heterocycles. The number of carboxylic acids is 1. The highest BCUT2D eigenvalue weighted by Crippen LogP contribution is 2.44. The van der Waals surface area contributed by atoms with E-state index >= 15 is 0 Å². The molecule has 0 aromatic heterocycles. The zero-order chi connectivity index (χ0) is 22.5. The van der Waals surface area contributed by atoms with Gasteiger partial charge in [0.25, 0.3) is 0 Å². The molecular formula is C24H28N2O5. The Morgan fingerprint density at radius 3 is 2.03 bits per heavy atom. The quantitative estimate of drug-likeness (QED) is 0.603. The highest BCUT2D eigenvalue weighted by molar-refractivity contribution is 5.86. The molecule has 2 amide bonds. The van der Waals surface area contributed by atoms with E-state index < -0.39 is 29.9 Å². The number of alkyl carbamates (subject to hydrolysis) is 1. The first kappa shape index (κ1) is 22.3. The zero-order valence-corrected chi connectivity index (χ0v) is 17.9. The summed E-state index contributed by atoms with van der Waals surface area (Å²) >= 11 is 0. The maximum Gasteiger partial charge on any atom is 0.407 e. The number of amides is 2. The summed E-state index contributed by atoms with van der Waals surface area (Å²) in [6, 6.07) is 15.3. The number of hydrogen-bond acceptors (Lipinski definition) is 4. The third-order valence-electron chi connectivity index (χ3n) is 5.57. The fourth-order valence-corrected chi connectivity index (χ4v) is 3.75. The normalized spacial score (nSPS) is 14.3. The molecule has 7 heteroatoms. The number of hydrogen-bond donors (Lipinski definition) is 3. The number of fused-ring (bicyclic) bond motifs is 3. The molecule has 0 fully saturated rings. The van der Waals surface area contributed by atoms with Crippen LogP contribution in [-0.4, -0.2) is 42.3 Å². The van der Waals surface area contributed by atoms with Gasteiger partial charge in [-0.15, -0.1) is 0 Å². The summed E-state index contributed by atoms with van der Waals surface area (Å²) in [4.78, 5) is 35.9. The molecule has 0 spiro atoms. The minimum atomic E-state index is -0.995. The minimum absolute atomic E-state index is 0.0102. The number of carbonyl (C=O) groups excluding carboxylic acids is 2. The van der Waals surface area contributed by atoms with Crippen LogP contribution in [0.3, 0.4) is 0 Å². The van der Waals surface area contributed by atoms with Gasteiger partial charge in [0, 0.05) is 12.5 Å². The Morgan fingerprint density at radius 2 is 1.52 bits per heavy atom. The molecule has 0 saturated carbocycles. The van der Waals surface area contributed by atoms with Crippen molar-refractivity contribution < 1.29 is 24.2 Å². The van der Waals surface area contributed by atoms with E-state index in [0.717, 1.165) is 22.3 Å². The minimum Gasteiger partial charge on any atom is -0.481 e. The maximum atomic E-state index is 12.5. The lowest BCUT2D eigenvalue weighted by molar-refractivity contribution is -0.141. The highest BCUT2D eigenvalue weighted by Gasteiger charge is 2.30. The average molecular weight is 424 g/mol. The topological polar surface area (TPSA) is 105 Å². The van der Waals surface area contributed by atoms with Crippen LogP contribution in [0.15, 0.2) is 48.5 Å². The molecule has 2 aromatic carbocycles. The smallest absolute Gasteiger partial charge is 0.407 e. The van der Waals surface area contributed by atoms with Crippen molar-refractivity contribution in [3.8, 4) is 11.1 Å². The number of rotatable bonds is 8. The first-order valence-corrected chi connectivity index (χ1v) is 10.4. The Hall–Kier alpha value is -3.35. The Labute approximate surface area is 181 Å². The second-order valence-electron chi connectivity index (χ2n) is 8.18. The molecule has 1 aliphatic rings. The van der Waals surface area contributed by atoms with Crippen molar-refractivity contribution in [2.75, 3.05) is 13.2 Å². The van der Waals surface area contributed by atoms with Crippen molar-refractivity contribution in [1.82, 2.24) is 10.6 Å². The van der Waals surface area contributed by atoms with Gasteiger partial charge in [0.2, 0.25) is 5.91 Å². The van der Waals surface area contributed by atoms with Crippen molar-refractivity contribution in [3.63, 3.8) is 0 Å². The van der Waals surface area contributed by atoms with Gasteiger partial charge in [-0.3, -0.25) is 9.59 Å². The molecule has 0 bridgehead atoms. The van der Waals surface area contributed by atoms with Gasteiger partial charge in [0.1, 0.15) is 12.6 Å². The Balaban J connectivity index is 1.62. The van der Waals surface area contributed by atoms with Crippen LogP contribution in [0.1, 0.15) is 37.8 Å². The molecule has 31 heavy (non-hydrogen) atoms. The number of carboxylic acid groups (broad SMARTS) is 1. The second-order valence-corrected chi connectivity index (χ2v) is 8.18. The van der Waals surface area contributed by atoms with Crippen molar-refractivity contribution >= 4 is 18.0 Å². The van der Waals surface area contributed by atoms with Crippen LogP contribution in [0.25, 0.3) is 11.1 Å². The molecule has 3 rings (SSSR count). The van der Waals surface area contributed by atoms with E-state index in [-0.39, 0.29) is 25.0 Å². The van der Waals surface area contributed by atoms with Crippen molar-refractivity contribution in [3.05, 3.63) is 59.7 Å². The van der Waals surface area contributed by atoms with Gasteiger partial charge in [0.15, 0.2) is 0 Å². The molecule has 3 N–H and O–H groups in total. The summed E-state index contributed by atoms with van der Waals surface area (Å²) in [5.74, 6) is -2.41. The summed E-state index contributed by atoms with van der Waals surface area (Å²) in [5, 5.41) is 14.2. The SMILES string of the molecule is CC(CNC(=O)[C@H](NC(=O)OCC1c2ccccc2-c2ccccc21)C(C)C)C(=O)O. The fraction of sp³-hybridized carbons (Fsp3) is 0.375. The average Bonchev–Trinajstić information content (AvgIpc) is 3.07. The van der Waals surface area contributed by atoms with Crippen LogP contribution in [0.5, 0.6) is 0 Å². The monoisotopic (exact) mass is 424 g/mol. The first-order chi connectivity index (χ1) is 14.8. The molecule has 1 aliphatic carbocycles. The van der Waals surface area contributed by atoms with Crippen LogP contribution < -0.4 is 10.6 Å². The molecule has 1 unspecified atom stereocenters. The van der Waals surface area contributed by atoms with Gasteiger partial charge < -0.3 is 20.5 Å². The van der Waals surface area contributed by atoms with Crippen LogP contribution >= 0.6 is 0 Å². The first-order valence-electron chi connectivity index (χ1n) is 10.4. The lowest BCUT2D eigenvalue weighted by atomic mass is 9.98. The van der Waals surface area contributed by atoms with E-state index in [9.17, 15) is 14.4 Å². The number of carbonyl (C=O) groups is 3. The third-order valence-corrected chi connectivity index (χ3v) is 5.57. The van der Waals surface area contributed by atoms with Crippen LogP contribution in [0.2, 0.25) is 0 Å². The summed E-state index contributed by atoms with van der Waals surface area (Å²) in [6.07, 6.45) is -0.679. The molecule has 164 valence electrons. The van der Waals surface area contributed by atoms with E-state index in [1.54, 1.807) is 13.8 Å². The largest absolute Gasteiger partial charge is 0.481 e. The molecular weight excluding hydrogens is 396 g/mol. The van der Waals surface area contributed by atoms with E-state index in [0.29, 0.717) is 0 Å². The van der Waals surface area contributed by atoms with Crippen LogP contribution in [0.4, 0.5) is 4.79 Å². The highest BCUT2D eigenvalue weighted by atomic mass is 16.5. The van der Waals surface area contributed by atoms with Crippen molar-refractivity contribution in [2.24, 2.45) is 11.8 Å². The number of benzene rings is 2. The van der Waals surface area contributed by atoms with Gasteiger partial charge in [-0.05, 0) is 28.2 Å². The predicted octanol–water partition coefficient (Wildman–Crippen LogP) is 3.39. The molecule has 2 atom stereocenters. The van der Waals surface area contributed by atoms with Crippen molar-refractivity contribution in [2.45, 2.75) is 32.7 Å². The molecule has 0 aliphatic heterocycles. The molecule has 7 nitrogen and oxygen atoms in total. The summed E-state index contributed by atoms with van der Waals surface area (Å²) in [7, 11) is 0. The molecule has 0 heterocycles. The Kier molecular flexibility index (Phi) is 6.95. The summed E-state index contributed by atoms with van der Waals surface area (Å²) < 4.78 is 5.51. The van der Waals surface area contributed by atoms with E-state index in [1.807, 2.05) is 36.4 Å². The van der Waals surface area contributed by atoms with Crippen LogP contribution in [0, 0.1) is 11.8 Å². The number of ether oxygens (including phenoxy) is 1. The van der Waals surface area contributed by atoms with Gasteiger partial charge in [-0.1, -0.05) is 69.3 Å². The maximum absolute atomic E-state index is 12.5. The van der Waals surface area contributed by atoms with E-state index in [4.69, 9.17) is 9.84 Å². The number of aliphatic carboxylic acids is 1. The zero-order valence-electron chi connectivity index (χ0n) is 17.9. The third kappa shape index (κ3) is 5.05. The number of nitrogens with one attached hydrogen (secondary N) is 2. The predicted molar refractivity (Wildman–Crippen MR) is 117 cm³/mol. The molecule has 0 radical (unpaired) electrons. The lowest BCUT2D eigenvalue weighted by Crippen LogP contribution is -2.51. The fourth-order valence-electron chi connectivity index (χ4n) is 3.75. The van der Waals surface area contributed by atoms with E-state index in [2.05, 4.69) is 22.8 Å². The Bertz CT molecular complexity index is 926. The lowest BCUT2D eigenvalue weighted by Gasteiger charge is -2.22. The van der Waals surface area contributed by atoms with Crippen LogP contribution in [-0.2, 0) is 14.3 Å². The van der Waals surface area contributed by atoms with E-state index in [1.165, 1.54) is 6.92 Å². The standard InChI is InChI=1S/C24H28N2O5/c1-14(2)21(22(27)25-12-15(3)23(28)29)26-24(30)31-13-20-18-10-6-4-8-16(18)17-9-5-7-11-19(17)20/h4-11,14-15,20-21H,12-13H2,1-3H3,(H,25,27)(H,26,30)(H,28,29)/t15?,21-/m1/s1. The Morgan fingerprint density at radius 1 is 0.968 bits per heavy atom. The second kappa shape index (κ2) is 9.64. The van der Waals surface area contributed by atoms with Gasteiger partial charge >= 0.3 is 12.1 Å². The van der Waals surface area contributed by atoms with Gasteiger partial charge in [-0.25, -0.2) is 4.79 Å². The summed E-state index contributed by atoms with van der Waals surface area (Å²) in [6.45, 7) is 5.25. The van der Waals surface area contributed by atoms with Gasteiger partial charge in [-0.2, -0.15) is 0 Å².